The fourth-order valence-corrected chi connectivity index (χ4v) is 4.53. The number of hydrogen-bond donors (Lipinski definition) is 1. The van der Waals surface area contributed by atoms with Gasteiger partial charge in [0.25, 0.3) is 0 Å². The Morgan fingerprint density at radius 1 is 1.37 bits per heavy atom. The van der Waals surface area contributed by atoms with Crippen molar-refractivity contribution >= 4 is 10.0 Å². The zero-order valence-electron chi connectivity index (χ0n) is 11.6. The molecule has 6 heteroatoms. The summed E-state index contributed by atoms with van der Waals surface area (Å²) in [5.74, 6) is 0. The lowest BCUT2D eigenvalue weighted by molar-refractivity contribution is 0.247. The van der Waals surface area contributed by atoms with Gasteiger partial charge in [-0.05, 0) is 31.7 Å². The van der Waals surface area contributed by atoms with Crippen molar-refractivity contribution in [3.8, 4) is 0 Å². The minimum atomic E-state index is -3.38. The smallest absolute Gasteiger partial charge is 0.244 e. The van der Waals surface area contributed by atoms with Crippen LogP contribution in [0.1, 0.15) is 32.6 Å². The van der Waals surface area contributed by atoms with Crippen LogP contribution >= 0.6 is 0 Å². The summed E-state index contributed by atoms with van der Waals surface area (Å²) >= 11 is 0. The predicted molar refractivity (Wildman–Crippen MR) is 75.2 cm³/mol. The third-order valence-corrected chi connectivity index (χ3v) is 5.88. The van der Waals surface area contributed by atoms with Gasteiger partial charge in [-0.15, -0.1) is 0 Å². The van der Waals surface area contributed by atoms with Crippen LogP contribution in [0.15, 0.2) is 23.4 Å². The summed E-state index contributed by atoms with van der Waals surface area (Å²) in [4.78, 5) is 0.381. The summed E-state index contributed by atoms with van der Waals surface area (Å²) in [5, 5.41) is 0. The number of nitrogens with zero attached hydrogens (tertiary/aromatic N) is 2. The first kappa shape index (κ1) is 14.6. The van der Waals surface area contributed by atoms with Crippen molar-refractivity contribution in [1.29, 1.82) is 0 Å². The Hall–Kier alpha value is -0.850. The standard InChI is InChI=1S/C13H23N3O2S/c1-3-16(12-6-4-11(14)5-7-12)19(17,18)13-8-9-15(2)10-13/h8-12H,3-7,14H2,1-2H3. The first-order valence-electron chi connectivity index (χ1n) is 6.84. The molecule has 2 N–H and O–H groups in total. The highest BCUT2D eigenvalue weighted by Crippen LogP contribution is 2.27. The quantitative estimate of drug-likeness (QED) is 0.907. The third kappa shape index (κ3) is 3.01. The molecule has 0 aromatic carbocycles. The van der Waals surface area contributed by atoms with Crippen molar-refractivity contribution in [2.24, 2.45) is 12.8 Å². The molecule has 0 amide bonds. The Bertz CT molecular complexity index is 516. The van der Waals surface area contributed by atoms with Crippen molar-refractivity contribution in [3.05, 3.63) is 18.5 Å². The van der Waals surface area contributed by atoms with E-state index in [-0.39, 0.29) is 12.1 Å². The van der Waals surface area contributed by atoms with Crippen LogP contribution in [0.25, 0.3) is 0 Å². The Balaban J connectivity index is 2.21. The molecule has 1 aliphatic rings. The van der Waals surface area contributed by atoms with Gasteiger partial charge in [0.05, 0.1) is 4.90 Å². The molecule has 1 heterocycles. The third-order valence-electron chi connectivity index (χ3n) is 3.87. The van der Waals surface area contributed by atoms with E-state index in [1.54, 1.807) is 27.3 Å². The second-order valence-electron chi connectivity index (χ2n) is 5.29. The van der Waals surface area contributed by atoms with E-state index >= 15 is 0 Å². The fourth-order valence-electron chi connectivity index (χ4n) is 2.78. The molecule has 0 aliphatic heterocycles. The van der Waals surface area contributed by atoms with Gasteiger partial charge in [-0.3, -0.25) is 0 Å². The van der Waals surface area contributed by atoms with Crippen LogP contribution in [0.2, 0.25) is 0 Å². The topological polar surface area (TPSA) is 68.3 Å². The Kier molecular flexibility index (Phi) is 4.32. The van der Waals surface area contributed by atoms with Crippen molar-refractivity contribution in [2.75, 3.05) is 6.54 Å². The van der Waals surface area contributed by atoms with Crippen LogP contribution in [0.5, 0.6) is 0 Å². The molecule has 2 rings (SSSR count). The van der Waals surface area contributed by atoms with E-state index in [1.165, 1.54) is 0 Å². The van der Waals surface area contributed by atoms with Crippen molar-refractivity contribution in [2.45, 2.75) is 49.6 Å². The highest BCUT2D eigenvalue weighted by atomic mass is 32.2. The van der Waals surface area contributed by atoms with Gasteiger partial charge >= 0.3 is 0 Å². The first-order chi connectivity index (χ1) is 8.95. The van der Waals surface area contributed by atoms with Gasteiger partial charge < -0.3 is 10.3 Å². The highest BCUT2D eigenvalue weighted by Gasteiger charge is 2.32. The van der Waals surface area contributed by atoms with E-state index in [4.69, 9.17) is 5.73 Å². The summed E-state index contributed by atoms with van der Waals surface area (Å²) in [5.41, 5.74) is 5.89. The molecule has 108 valence electrons. The molecule has 5 nitrogen and oxygen atoms in total. The maximum absolute atomic E-state index is 12.6. The normalized spacial score (nSPS) is 24.8. The maximum Gasteiger partial charge on any atom is 0.244 e. The monoisotopic (exact) mass is 285 g/mol. The number of hydrogen-bond acceptors (Lipinski definition) is 3. The van der Waals surface area contributed by atoms with Gasteiger partial charge in [-0.2, -0.15) is 4.31 Å². The molecule has 0 atom stereocenters. The molecule has 0 spiro atoms. The van der Waals surface area contributed by atoms with E-state index in [2.05, 4.69) is 0 Å². The van der Waals surface area contributed by atoms with E-state index in [9.17, 15) is 8.42 Å². The molecular weight excluding hydrogens is 262 g/mol. The largest absolute Gasteiger partial charge is 0.356 e. The zero-order valence-corrected chi connectivity index (χ0v) is 12.4. The van der Waals surface area contributed by atoms with E-state index in [1.807, 2.05) is 14.0 Å². The molecule has 1 saturated carbocycles. The van der Waals surface area contributed by atoms with E-state index < -0.39 is 10.0 Å². The minimum absolute atomic E-state index is 0.0926. The van der Waals surface area contributed by atoms with Crippen molar-refractivity contribution in [1.82, 2.24) is 8.87 Å². The van der Waals surface area contributed by atoms with Crippen LogP contribution in [0.3, 0.4) is 0 Å². The van der Waals surface area contributed by atoms with E-state index in [0.29, 0.717) is 11.4 Å². The van der Waals surface area contributed by atoms with Crippen molar-refractivity contribution in [3.63, 3.8) is 0 Å². The lowest BCUT2D eigenvalue weighted by atomic mass is 9.92. The average molecular weight is 285 g/mol. The summed E-state index contributed by atoms with van der Waals surface area (Å²) in [6, 6.07) is 1.98. The van der Waals surface area contributed by atoms with Gasteiger partial charge in [0.1, 0.15) is 0 Å². The molecule has 0 bridgehead atoms. The van der Waals surface area contributed by atoms with Gasteiger partial charge in [-0.1, -0.05) is 6.92 Å². The zero-order chi connectivity index (χ0) is 14.0. The molecule has 0 unspecified atom stereocenters. The minimum Gasteiger partial charge on any atom is -0.356 e. The van der Waals surface area contributed by atoms with Gasteiger partial charge in [0.15, 0.2) is 0 Å². The molecule has 0 saturated heterocycles. The summed E-state index contributed by atoms with van der Waals surface area (Å²) in [6.45, 7) is 2.41. The van der Waals surface area contributed by atoms with Crippen LogP contribution < -0.4 is 5.73 Å². The summed E-state index contributed by atoms with van der Waals surface area (Å²) < 4.78 is 28.7. The van der Waals surface area contributed by atoms with Crippen LogP contribution in [0, 0.1) is 0 Å². The van der Waals surface area contributed by atoms with E-state index in [0.717, 1.165) is 25.7 Å². The predicted octanol–water partition coefficient (Wildman–Crippen LogP) is 1.31. The molecule has 1 fully saturated rings. The van der Waals surface area contributed by atoms with Crippen molar-refractivity contribution < 1.29 is 8.42 Å². The van der Waals surface area contributed by atoms with Crippen LogP contribution in [0.4, 0.5) is 0 Å². The van der Waals surface area contributed by atoms with Crippen LogP contribution in [-0.4, -0.2) is 35.9 Å². The summed E-state index contributed by atoms with van der Waals surface area (Å²) in [7, 11) is -1.55. The number of sulfonamides is 1. The molecule has 1 aromatic rings. The Labute approximate surface area is 115 Å². The molecule has 1 aliphatic carbocycles. The average Bonchev–Trinajstić information content (AvgIpc) is 2.80. The first-order valence-corrected chi connectivity index (χ1v) is 8.28. The molecule has 1 aromatic heterocycles. The maximum atomic E-state index is 12.6. The number of aryl methyl sites for hydroxylation is 1. The molecule has 0 radical (unpaired) electrons. The second-order valence-corrected chi connectivity index (χ2v) is 7.18. The summed E-state index contributed by atoms with van der Waals surface area (Å²) in [6.07, 6.45) is 6.96. The Morgan fingerprint density at radius 2 is 2.00 bits per heavy atom. The fraction of sp³-hybridized carbons (Fsp3) is 0.692. The number of nitrogens with two attached hydrogens (primary N) is 1. The van der Waals surface area contributed by atoms with Gasteiger partial charge in [-0.25, -0.2) is 8.42 Å². The highest BCUT2D eigenvalue weighted by molar-refractivity contribution is 7.89. The molecule has 19 heavy (non-hydrogen) atoms. The number of rotatable bonds is 4. The van der Waals surface area contributed by atoms with Gasteiger partial charge in [0, 0.05) is 38.1 Å². The number of aromatic nitrogens is 1. The lowest BCUT2D eigenvalue weighted by Gasteiger charge is -2.34. The molecular formula is C13H23N3O2S. The second kappa shape index (κ2) is 5.64. The van der Waals surface area contributed by atoms with Crippen LogP contribution in [-0.2, 0) is 17.1 Å². The van der Waals surface area contributed by atoms with Gasteiger partial charge in [0.2, 0.25) is 10.0 Å². The Morgan fingerprint density at radius 3 is 2.47 bits per heavy atom. The SMILES string of the molecule is CCN(C1CCC(N)CC1)S(=O)(=O)c1ccn(C)c1. The lowest BCUT2D eigenvalue weighted by Crippen LogP contribution is -2.43.